The van der Waals surface area contributed by atoms with Gasteiger partial charge >= 0.3 is 0 Å². The van der Waals surface area contributed by atoms with Gasteiger partial charge in [0.1, 0.15) is 0 Å². The summed E-state index contributed by atoms with van der Waals surface area (Å²) >= 11 is 0. The number of likely N-dealkylation sites (tertiary alicyclic amines) is 1. The molecule has 6 heteroatoms. The van der Waals surface area contributed by atoms with Gasteiger partial charge in [-0.3, -0.25) is 19.5 Å². The molecule has 0 atom stereocenters. The zero-order valence-electron chi connectivity index (χ0n) is 13.5. The largest absolute Gasteiger partial charge is 0.349 e. The van der Waals surface area contributed by atoms with Crippen LogP contribution in [0, 0.1) is 6.92 Å². The van der Waals surface area contributed by atoms with Crippen molar-refractivity contribution in [1.82, 2.24) is 20.1 Å². The number of hydrogen-bond acceptors (Lipinski definition) is 4. The Kier molecular flexibility index (Phi) is 5.49. The van der Waals surface area contributed by atoms with Gasteiger partial charge in [0.25, 0.3) is 5.91 Å². The highest BCUT2D eigenvalue weighted by Crippen LogP contribution is 2.11. The number of carbonyl (C=O) groups is 2. The van der Waals surface area contributed by atoms with Crippen molar-refractivity contribution in [3.63, 3.8) is 0 Å². The molecule has 2 rings (SSSR count). The number of rotatable bonds is 4. The van der Waals surface area contributed by atoms with Crippen molar-refractivity contribution < 1.29 is 9.59 Å². The molecule has 1 aliphatic heterocycles. The number of nitrogens with zero attached hydrogens (tertiary/aromatic N) is 3. The maximum Gasteiger partial charge on any atom is 0.253 e. The molecule has 1 fully saturated rings. The van der Waals surface area contributed by atoms with Gasteiger partial charge in [-0.25, -0.2) is 0 Å². The average Bonchev–Trinajstić information content (AvgIpc) is 2.49. The molecule has 0 spiro atoms. The van der Waals surface area contributed by atoms with E-state index in [0.717, 1.165) is 31.6 Å². The van der Waals surface area contributed by atoms with Crippen LogP contribution in [0.4, 0.5) is 0 Å². The molecule has 2 amide bonds. The third-order valence-electron chi connectivity index (χ3n) is 3.95. The first kappa shape index (κ1) is 16.4. The first-order valence-corrected chi connectivity index (χ1v) is 7.61. The molecule has 0 unspecified atom stereocenters. The summed E-state index contributed by atoms with van der Waals surface area (Å²) in [5.74, 6) is 0.0449. The number of piperidine rings is 1. The maximum atomic E-state index is 12.1. The van der Waals surface area contributed by atoms with Crippen LogP contribution in [-0.2, 0) is 4.79 Å². The minimum Gasteiger partial charge on any atom is -0.349 e. The van der Waals surface area contributed by atoms with Gasteiger partial charge in [0, 0.05) is 45.1 Å². The molecule has 2 heterocycles. The predicted molar refractivity (Wildman–Crippen MR) is 84.6 cm³/mol. The van der Waals surface area contributed by atoms with Gasteiger partial charge in [0.05, 0.1) is 12.1 Å². The minimum absolute atomic E-state index is 0.0738. The lowest BCUT2D eigenvalue weighted by Crippen LogP contribution is -2.47. The summed E-state index contributed by atoms with van der Waals surface area (Å²) in [6.07, 6.45) is 3.34. The Hall–Kier alpha value is -1.95. The molecule has 1 aromatic rings. The van der Waals surface area contributed by atoms with Gasteiger partial charge in [-0.1, -0.05) is 0 Å². The van der Waals surface area contributed by atoms with Gasteiger partial charge in [-0.15, -0.1) is 0 Å². The summed E-state index contributed by atoms with van der Waals surface area (Å²) in [5.41, 5.74) is 1.49. The Morgan fingerprint density at radius 2 is 2.00 bits per heavy atom. The smallest absolute Gasteiger partial charge is 0.253 e. The number of hydrogen-bond donors (Lipinski definition) is 1. The molecule has 120 valence electrons. The molecule has 0 aromatic carbocycles. The average molecular weight is 304 g/mol. The number of pyridine rings is 1. The van der Waals surface area contributed by atoms with E-state index in [1.807, 2.05) is 13.0 Å². The Morgan fingerprint density at radius 3 is 2.55 bits per heavy atom. The molecule has 0 aliphatic carbocycles. The zero-order chi connectivity index (χ0) is 16.1. The lowest BCUT2D eigenvalue weighted by Gasteiger charge is -2.32. The standard InChI is InChI=1S/C16H24N4O2/c1-12-4-5-13(10-17-12)16(22)18-14-6-8-20(9-7-14)11-15(21)19(2)3/h4-5,10,14H,6-9,11H2,1-3H3,(H,18,22). The summed E-state index contributed by atoms with van der Waals surface area (Å²) in [6, 6.07) is 3.80. The zero-order valence-corrected chi connectivity index (χ0v) is 13.5. The summed E-state index contributed by atoms with van der Waals surface area (Å²) in [5, 5.41) is 3.05. The fourth-order valence-corrected chi connectivity index (χ4v) is 2.44. The molecular formula is C16H24N4O2. The Labute approximate surface area is 131 Å². The van der Waals surface area contributed by atoms with Crippen LogP contribution >= 0.6 is 0 Å². The molecule has 0 saturated carbocycles. The van der Waals surface area contributed by atoms with E-state index in [9.17, 15) is 9.59 Å². The Morgan fingerprint density at radius 1 is 1.32 bits per heavy atom. The molecule has 0 radical (unpaired) electrons. The van der Waals surface area contributed by atoms with Crippen LogP contribution < -0.4 is 5.32 Å². The Balaban J connectivity index is 1.78. The maximum absolute atomic E-state index is 12.1. The van der Waals surface area contributed by atoms with Crippen molar-refractivity contribution in [3.8, 4) is 0 Å². The predicted octanol–water partition coefficient (Wildman–Crippen LogP) is 0.672. The van der Waals surface area contributed by atoms with Crippen LogP contribution in [0.5, 0.6) is 0 Å². The fourth-order valence-electron chi connectivity index (χ4n) is 2.44. The second-order valence-corrected chi connectivity index (χ2v) is 6.00. The highest BCUT2D eigenvalue weighted by atomic mass is 16.2. The molecule has 22 heavy (non-hydrogen) atoms. The number of amides is 2. The molecular weight excluding hydrogens is 280 g/mol. The number of carbonyl (C=O) groups excluding carboxylic acids is 2. The van der Waals surface area contributed by atoms with E-state index in [1.165, 1.54) is 0 Å². The lowest BCUT2D eigenvalue weighted by molar-refractivity contribution is -0.130. The molecule has 1 saturated heterocycles. The molecule has 1 aliphatic rings. The quantitative estimate of drug-likeness (QED) is 0.888. The van der Waals surface area contributed by atoms with E-state index < -0.39 is 0 Å². The number of aromatic nitrogens is 1. The van der Waals surface area contributed by atoms with Crippen molar-refractivity contribution in [1.29, 1.82) is 0 Å². The molecule has 0 bridgehead atoms. The normalized spacial score (nSPS) is 16.3. The third kappa shape index (κ3) is 4.53. The highest BCUT2D eigenvalue weighted by Gasteiger charge is 2.22. The van der Waals surface area contributed by atoms with Crippen molar-refractivity contribution >= 4 is 11.8 Å². The van der Waals surface area contributed by atoms with Crippen molar-refractivity contribution in [2.75, 3.05) is 33.7 Å². The van der Waals surface area contributed by atoms with E-state index >= 15 is 0 Å². The molecule has 1 aromatic heterocycles. The highest BCUT2D eigenvalue weighted by molar-refractivity contribution is 5.94. The minimum atomic E-state index is -0.0738. The van der Waals surface area contributed by atoms with Gasteiger partial charge in [0.2, 0.25) is 5.91 Å². The lowest BCUT2D eigenvalue weighted by atomic mass is 10.0. The monoisotopic (exact) mass is 304 g/mol. The van der Waals surface area contributed by atoms with Crippen molar-refractivity contribution in [3.05, 3.63) is 29.6 Å². The summed E-state index contributed by atoms with van der Waals surface area (Å²) in [4.78, 5) is 31.7. The van der Waals surface area contributed by atoms with Crippen LogP contribution in [0.25, 0.3) is 0 Å². The summed E-state index contributed by atoms with van der Waals surface area (Å²) in [7, 11) is 3.54. The van der Waals surface area contributed by atoms with Crippen LogP contribution in [-0.4, -0.2) is 66.4 Å². The van der Waals surface area contributed by atoms with Gasteiger partial charge in [-0.05, 0) is 31.9 Å². The van der Waals surface area contributed by atoms with Gasteiger partial charge in [0.15, 0.2) is 0 Å². The fraction of sp³-hybridized carbons (Fsp3) is 0.562. The van der Waals surface area contributed by atoms with Crippen LogP contribution in [0.1, 0.15) is 28.9 Å². The van der Waals surface area contributed by atoms with Crippen LogP contribution in [0.2, 0.25) is 0 Å². The van der Waals surface area contributed by atoms with Gasteiger partial charge in [-0.2, -0.15) is 0 Å². The third-order valence-corrected chi connectivity index (χ3v) is 3.95. The summed E-state index contributed by atoms with van der Waals surface area (Å²) < 4.78 is 0. The first-order valence-electron chi connectivity index (χ1n) is 7.61. The summed E-state index contributed by atoms with van der Waals surface area (Å²) in [6.45, 7) is 4.01. The van der Waals surface area contributed by atoms with Crippen LogP contribution in [0.15, 0.2) is 18.3 Å². The second-order valence-electron chi connectivity index (χ2n) is 6.00. The topological polar surface area (TPSA) is 65.5 Å². The number of likely N-dealkylation sites (N-methyl/N-ethyl adjacent to an activating group) is 1. The Bertz CT molecular complexity index is 519. The number of nitrogens with one attached hydrogen (secondary N) is 1. The molecule has 1 N–H and O–H groups in total. The van der Waals surface area contributed by atoms with E-state index in [4.69, 9.17) is 0 Å². The van der Waals surface area contributed by atoms with E-state index in [1.54, 1.807) is 31.3 Å². The first-order chi connectivity index (χ1) is 10.5. The van der Waals surface area contributed by atoms with Crippen molar-refractivity contribution in [2.24, 2.45) is 0 Å². The SMILES string of the molecule is Cc1ccc(C(=O)NC2CCN(CC(=O)N(C)C)CC2)cn1. The van der Waals surface area contributed by atoms with Crippen molar-refractivity contribution in [2.45, 2.75) is 25.8 Å². The second kappa shape index (κ2) is 7.35. The molecule has 6 nitrogen and oxygen atoms in total. The van der Waals surface area contributed by atoms with Crippen LogP contribution in [0.3, 0.4) is 0 Å². The van der Waals surface area contributed by atoms with E-state index in [-0.39, 0.29) is 17.9 Å². The van der Waals surface area contributed by atoms with E-state index in [2.05, 4.69) is 15.2 Å². The van der Waals surface area contributed by atoms with Gasteiger partial charge < -0.3 is 10.2 Å². The van der Waals surface area contributed by atoms with E-state index in [0.29, 0.717) is 12.1 Å². The number of aryl methyl sites for hydroxylation is 1.